The van der Waals surface area contributed by atoms with E-state index in [1.807, 2.05) is 54.6 Å². The Morgan fingerprint density at radius 3 is 1.61 bits per heavy atom. The number of benzene rings is 4. The first-order chi connectivity index (χ1) is 16.0. The van der Waals surface area contributed by atoms with E-state index in [0.717, 1.165) is 50.1 Å². The molecule has 0 spiro atoms. The van der Waals surface area contributed by atoms with Crippen LogP contribution in [0.15, 0.2) is 89.8 Å². The second kappa shape index (κ2) is 7.42. The highest BCUT2D eigenvalue weighted by Gasteiger charge is 2.37. The fraction of sp³-hybridized carbons (Fsp3) is 0.0714. The lowest BCUT2D eigenvalue weighted by Crippen LogP contribution is -2.10. The summed E-state index contributed by atoms with van der Waals surface area (Å²) in [6.45, 7) is 1.69. The fourth-order valence-electron chi connectivity index (χ4n) is 5.11. The first-order valence-electron chi connectivity index (χ1n) is 10.8. The highest BCUT2D eigenvalue weighted by molar-refractivity contribution is 7.87. The number of hydrogen-bond donors (Lipinski definition) is 0. The lowest BCUT2D eigenvalue weighted by atomic mass is 9.91. The molecule has 0 amide bonds. The zero-order chi connectivity index (χ0) is 22.7. The van der Waals surface area contributed by atoms with Crippen molar-refractivity contribution in [2.75, 3.05) is 6.61 Å². The summed E-state index contributed by atoms with van der Waals surface area (Å²) in [4.78, 5) is 0.0316. The van der Waals surface area contributed by atoms with Gasteiger partial charge in [-0.2, -0.15) is 8.42 Å². The van der Waals surface area contributed by atoms with E-state index in [1.165, 1.54) is 0 Å². The van der Waals surface area contributed by atoms with Gasteiger partial charge in [-0.3, -0.25) is 4.18 Å². The van der Waals surface area contributed by atoms with Crippen molar-refractivity contribution in [1.29, 1.82) is 0 Å². The molecule has 2 aliphatic rings. The van der Waals surface area contributed by atoms with Gasteiger partial charge in [-0.15, -0.1) is 0 Å². The van der Waals surface area contributed by atoms with E-state index in [2.05, 4.69) is 24.3 Å². The highest BCUT2D eigenvalue weighted by Crippen LogP contribution is 2.56. The van der Waals surface area contributed by atoms with E-state index < -0.39 is 10.1 Å². The molecule has 0 aliphatic heterocycles. The summed E-state index contributed by atoms with van der Waals surface area (Å²) in [6, 6.07) is 28.1. The minimum atomic E-state index is -4.07. The molecule has 0 saturated carbocycles. The number of rotatable bonds is 3. The molecule has 0 aromatic heterocycles. The topological polar surface area (TPSA) is 43.4 Å². The van der Waals surface area contributed by atoms with Gasteiger partial charge in [-0.1, -0.05) is 90.5 Å². The van der Waals surface area contributed by atoms with Gasteiger partial charge in [0.15, 0.2) is 0 Å². The summed E-state index contributed by atoms with van der Waals surface area (Å²) >= 11 is 6.56. The maximum absolute atomic E-state index is 13.3. The molecule has 4 aromatic rings. The van der Waals surface area contributed by atoms with Crippen molar-refractivity contribution in [3.63, 3.8) is 0 Å². The predicted molar refractivity (Wildman–Crippen MR) is 133 cm³/mol. The first-order valence-corrected chi connectivity index (χ1v) is 12.6. The average molecular weight is 471 g/mol. The molecule has 4 aromatic carbocycles. The van der Waals surface area contributed by atoms with Crippen LogP contribution in [0.1, 0.15) is 29.2 Å². The van der Waals surface area contributed by atoms with Crippen LogP contribution in [0.4, 0.5) is 0 Å². The smallest absolute Gasteiger partial charge is 0.267 e. The Kier molecular flexibility index (Phi) is 4.59. The van der Waals surface area contributed by atoms with Gasteiger partial charge in [0.1, 0.15) is 4.90 Å². The molecule has 6 rings (SSSR count). The average Bonchev–Trinajstić information content (AvgIpc) is 3.31. The van der Waals surface area contributed by atoms with Crippen LogP contribution in [0.25, 0.3) is 33.4 Å². The Labute approximate surface area is 198 Å². The Balaban J connectivity index is 1.83. The normalized spacial score (nSPS) is 13.5. The van der Waals surface area contributed by atoms with Gasteiger partial charge >= 0.3 is 0 Å². The van der Waals surface area contributed by atoms with Gasteiger partial charge in [0.25, 0.3) is 10.1 Å². The Bertz CT molecular complexity index is 1550. The number of fused-ring (bicyclic) bond motifs is 6. The third kappa shape index (κ3) is 2.88. The molecule has 0 saturated heterocycles. The van der Waals surface area contributed by atoms with E-state index in [9.17, 15) is 8.42 Å². The molecule has 0 unspecified atom stereocenters. The Morgan fingerprint density at radius 1 is 0.636 bits per heavy atom. The van der Waals surface area contributed by atoms with Crippen LogP contribution in [0.2, 0.25) is 5.02 Å². The minimum absolute atomic E-state index is 0.0316. The van der Waals surface area contributed by atoms with Crippen LogP contribution < -0.4 is 0 Å². The zero-order valence-electron chi connectivity index (χ0n) is 17.8. The fourth-order valence-corrected chi connectivity index (χ4v) is 6.74. The number of halogens is 1. The molecule has 0 atom stereocenters. The largest absolute Gasteiger partial charge is 0.299 e. The number of hydrogen-bond acceptors (Lipinski definition) is 3. The molecule has 0 N–H and O–H groups in total. The predicted octanol–water partition coefficient (Wildman–Crippen LogP) is 7.03. The second-order valence-corrected chi connectivity index (χ2v) is 10.0. The van der Waals surface area contributed by atoms with Crippen molar-refractivity contribution >= 4 is 32.9 Å². The summed E-state index contributed by atoms with van der Waals surface area (Å²) in [5.74, 6) is 0. The first kappa shape index (κ1) is 20.4. The molecular formula is C28H19ClO3S. The summed E-state index contributed by atoms with van der Waals surface area (Å²) in [6.07, 6.45) is 0. The molecular weight excluding hydrogens is 452 g/mol. The molecule has 162 valence electrons. The lowest BCUT2D eigenvalue weighted by Gasteiger charge is -2.16. The zero-order valence-corrected chi connectivity index (χ0v) is 19.4. The van der Waals surface area contributed by atoms with Crippen LogP contribution in [-0.2, 0) is 14.3 Å². The SMILES string of the molecule is CCOS(=O)(=O)c1c(Cl)ccc2c1C(=C1c3ccccc3-c3ccccc31)c1ccccc1-2. The summed E-state index contributed by atoms with van der Waals surface area (Å²) < 4.78 is 31.8. The van der Waals surface area contributed by atoms with Crippen molar-refractivity contribution in [2.24, 2.45) is 0 Å². The van der Waals surface area contributed by atoms with Gasteiger partial charge in [-0.25, -0.2) is 0 Å². The molecule has 0 bridgehead atoms. The Hall–Kier alpha value is -3.18. The van der Waals surface area contributed by atoms with Crippen molar-refractivity contribution < 1.29 is 12.6 Å². The highest BCUT2D eigenvalue weighted by atomic mass is 35.5. The maximum Gasteiger partial charge on any atom is 0.299 e. The third-order valence-electron chi connectivity index (χ3n) is 6.30. The van der Waals surface area contributed by atoms with E-state index in [0.29, 0.717) is 5.56 Å². The van der Waals surface area contributed by atoms with Crippen molar-refractivity contribution in [3.8, 4) is 22.3 Å². The van der Waals surface area contributed by atoms with Gasteiger partial charge < -0.3 is 0 Å². The molecule has 0 heterocycles. The standard InChI is InChI=1S/C28H19ClO3S/c1-2-32-33(30,31)28-24(29)16-15-23-19-11-5-8-14-22(19)26(27(23)28)25-20-12-6-3-9-17(20)18-10-4-7-13-21(18)25/h3-16H,2H2,1H3. The van der Waals surface area contributed by atoms with Crippen molar-refractivity contribution in [2.45, 2.75) is 11.8 Å². The van der Waals surface area contributed by atoms with E-state index in [1.54, 1.807) is 13.0 Å². The lowest BCUT2D eigenvalue weighted by molar-refractivity contribution is 0.338. The van der Waals surface area contributed by atoms with Crippen LogP contribution in [0.3, 0.4) is 0 Å². The van der Waals surface area contributed by atoms with Crippen molar-refractivity contribution in [1.82, 2.24) is 0 Å². The Morgan fingerprint density at radius 2 is 1.09 bits per heavy atom. The van der Waals surface area contributed by atoms with Crippen LogP contribution in [-0.4, -0.2) is 15.0 Å². The van der Waals surface area contributed by atoms with Crippen LogP contribution in [0, 0.1) is 0 Å². The molecule has 2 aliphatic carbocycles. The quantitative estimate of drug-likeness (QED) is 0.261. The minimum Gasteiger partial charge on any atom is -0.267 e. The van der Waals surface area contributed by atoms with E-state index in [-0.39, 0.29) is 16.5 Å². The van der Waals surface area contributed by atoms with Gasteiger partial charge in [0.05, 0.1) is 11.6 Å². The molecule has 0 fully saturated rings. The summed E-state index contributed by atoms with van der Waals surface area (Å²) in [5, 5.41) is 0.160. The summed E-state index contributed by atoms with van der Waals surface area (Å²) in [5.41, 5.74) is 9.76. The van der Waals surface area contributed by atoms with Gasteiger partial charge in [0, 0.05) is 11.1 Å². The van der Waals surface area contributed by atoms with Gasteiger partial charge in [-0.05, 0) is 57.5 Å². The van der Waals surface area contributed by atoms with Crippen LogP contribution in [0.5, 0.6) is 0 Å². The molecule has 3 nitrogen and oxygen atoms in total. The van der Waals surface area contributed by atoms with Gasteiger partial charge in [0.2, 0.25) is 0 Å². The van der Waals surface area contributed by atoms with E-state index >= 15 is 0 Å². The molecule has 5 heteroatoms. The van der Waals surface area contributed by atoms with Crippen molar-refractivity contribution in [3.05, 3.63) is 112 Å². The third-order valence-corrected chi connectivity index (χ3v) is 8.20. The second-order valence-electron chi connectivity index (χ2n) is 8.05. The monoisotopic (exact) mass is 470 g/mol. The molecule has 33 heavy (non-hydrogen) atoms. The molecule has 0 radical (unpaired) electrons. The summed E-state index contributed by atoms with van der Waals surface area (Å²) in [7, 11) is -4.07. The maximum atomic E-state index is 13.3. The van der Waals surface area contributed by atoms with Crippen LogP contribution >= 0.6 is 11.6 Å². The van der Waals surface area contributed by atoms with E-state index in [4.69, 9.17) is 15.8 Å².